The molecule has 124 valence electrons. The van der Waals surface area contributed by atoms with Gasteiger partial charge in [-0.2, -0.15) is 0 Å². The van der Waals surface area contributed by atoms with E-state index in [0.717, 1.165) is 0 Å². The number of nitrogens with zero attached hydrogens (tertiary/aromatic N) is 1. The summed E-state index contributed by atoms with van der Waals surface area (Å²) in [6, 6.07) is 8.39. The summed E-state index contributed by atoms with van der Waals surface area (Å²) < 4.78 is 0. The van der Waals surface area contributed by atoms with E-state index in [1.54, 1.807) is 0 Å². The van der Waals surface area contributed by atoms with Gasteiger partial charge in [0.1, 0.15) is 0 Å². The monoisotopic (exact) mass is 293 g/mol. The Labute approximate surface area is 134 Å². The highest BCUT2D eigenvalue weighted by molar-refractivity contribution is 5.81. The van der Waals surface area contributed by atoms with Crippen LogP contribution in [0.4, 0.5) is 0 Å². The summed E-state index contributed by atoms with van der Waals surface area (Å²) in [6.45, 7) is 22.1. The Bertz CT molecular complexity index is 380. The Morgan fingerprint density at radius 2 is 1.10 bits per heavy atom. The molecule has 1 aromatic carbocycles. The lowest BCUT2D eigenvalue weighted by molar-refractivity contribution is 1.36. The molecule has 0 spiro atoms. The van der Waals surface area contributed by atoms with Crippen molar-refractivity contribution in [1.29, 1.82) is 0 Å². The number of hydrogen-bond donors (Lipinski definition) is 0. The van der Waals surface area contributed by atoms with Crippen LogP contribution in [0.25, 0.3) is 10.8 Å². The van der Waals surface area contributed by atoms with Crippen LogP contribution in [0.3, 0.4) is 0 Å². The van der Waals surface area contributed by atoms with Crippen molar-refractivity contribution in [2.75, 3.05) is 0 Å². The molecule has 0 fully saturated rings. The molecule has 0 radical (unpaired) electrons. The van der Waals surface area contributed by atoms with Crippen molar-refractivity contribution in [2.24, 2.45) is 0 Å². The zero-order valence-electron chi connectivity index (χ0n) is 16.4. The van der Waals surface area contributed by atoms with Crippen molar-refractivity contribution in [3.63, 3.8) is 0 Å². The molecule has 1 heterocycles. The van der Waals surface area contributed by atoms with Crippen molar-refractivity contribution < 1.29 is 0 Å². The van der Waals surface area contributed by atoms with E-state index >= 15 is 0 Å². The van der Waals surface area contributed by atoms with E-state index in [4.69, 9.17) is 0 Å². The molecular formula is C20H39N. The Hall–Kier alpha value is -1.37. The molecule has 0 aliphatic heterocycles. The first kappa shape index (κ1) is 27.9. The van der Waals surface area contributed by atoms with Gasteiger partial charge in [-0.1, -0.05) is 86.9 Å². The topological polar surface area (TPSA) is 12.9 Å². The van der Waals surface area contributed by atoms with Crippen LogP contribution in [0.5, 0.6) is 0 Å². The molecule has 2 aromatic rings. The highest BCUT2D eigenvalue weighted by Gasteiger charge is 1.90. The highest BCUT2D eigenvalue weighted by Crippen LogP contribution is 2.12. The second-order valence-corrected chi connectivity index (χ2v) is 2.73. The SMILES string of the molecule is CC.CC.CC.CC.CC.Cc1ccc2ccncc2c1. The predicted octanol–water partition coefficient (Wildman–Crippen LogP) is 7.67. The van der Waals surface area contributed by atoms with Gasteiger partial charge in [-0.25, -0.2) is 0 Å². The Morgan fingerprint density at radius 3 is 1.57 bits per heavy atom. The average molecular weight is 294 g/mol. The molecule has 1 nitrogen and oxygen atoms in total. The third-order valence-electron chi connectivity index (χ3n) is 1.80. The zero-order chi connectivity index (χ0) is 17.7. The molecule has 0 bridgehead atoms. The van der Waals surface area contributed by atoms with Crippen LogP contribution >= 0.6 is 0 Å². The van der Waals surface area contributed by atoms with Gasteiger partial charge in [-0.3, -0.25) is 4.98 Å². The standard InChI is InChI=1S/C10H9N.5C2H6/c1-8-2-3-9-4-5-11-7-10(9)6-8;5*1-2/h2-7H,1H3;5*1-2H3. The van der Waals surface area contributed by atoms with Crippen LogP contribution in [0.1, 0.15) is 74.8 Å². The lowest BCUT2D eigenvalue weighted by Gasteiger charge is -1.96. The third kappa shape index (κ3) is 14.8. The van der Waals surface area contributed by atoms with Crippen molar-refractivity contribution in [1.82, 2.24) is 4.98 Å². The van der Waals surface area contributed by atoms with E-state index in [0.29, 0.717) is 0 Å². The van der Waals surface area contributed by atoms with Crippen LogP contribution in [-0.2, 0) is 0 Å². The van der Waals surface area contributed by atoms with Gasteiger partial charge in [0.15, 0.2) is 0 Å². The maximum atomic E-state index is 4.05. The van der Waals surface area contributed by atoms with Crippen molar-refractivity contribution in [3.05, 3.63) is 42.2 Å². The fourth-order valence-corrected chi connectivity index (χ4v) is 1.20. The third-order valence-corrected chi connectivity index (χ3v) is 1.80. The maximum absolute atomic E-state index is 4.05. The van der Waals surface area contributed by atoms with Gasteiger partial charge in [0.05, 0.1) is 0 Å². The smallest absolute Gasteiger partial charge is 0.0346 e. The molecule has 0 saturated carbocycles. The molecule has 21 heavy (non-hydrogen) atoms. The van der Waals surface area contributed by atoms with Gasteiger partial charge in [0.2, 0.25) is 0 Å². The minimum Gasteiger partial charge on any atom is -0.264 e. The molecule has 0 amide bonds. The Kier molecular flexibility index (Phi) is 35.9. The van der Waals surface area contributed by atoms with E-state index in [1.165, 1.54) is 16.3 Å². The summed E-state index contributed by atoms with van der Waals surface area (Å²) in [5.74, 6) is 0. The van der Waals surface area contributed by atoms with Crippen LogP contribution in [0.15, 0.2) is 36.7 Å². The lowest BCUT2D eigenvalue weighted by atomic mass is 10.1. The summed E-state index contributed by atoms with van der Waals surface area (Å²) in [5, 5.41) is 2.47. The van der Waals surface area contributed by atoms with E-state index in [-0.39, 0.29) is 0 Å². The molecule has 2 rings (SSSR count). The number of aromatic nitrogens is 1. The van der Waals surface area contributed by atoms with Gasteiger partial charge in [0.25, 0.3) is 0 Å². The Balaban J connectivity index is -0.000000124. The predicted molar refractivity (Wildman–Crippen MR) is 103 cm³/mol. The minimum atomic E-state index is 1.22. The quantitative estimate of drug-likeness (QED) is 0.485. The summed E-state index contributed by atoms with van der Waals surface area (Å²) >= 11 is 0. The molecule has 1 heteroatoms. The van der Waals surface area contributed by atoms with Gasteiger partial charge in [0, 0.05) is 17.8 Å². The second kappa shape index (κ2) is 27.1. The Morgan fingerprint density at radius 1 is 0.619 bits per heavy atom. The molecule has 0 aliphatic carbocycles. The summed E-state index contributed by atoms with van der Waals surface area (Å²) in [4.78, 5) is 4.05. The lowest BCUT2D eigenvalue weighted by Crippen LogP contribution is -1.75. The largest absolute Gasteiger partial charge is 0.264 e. The number of rotatable bonds is 0. The molecule has 0 aliphatic rings. The average Bonchev–Trinajstić information content (AvgIpc) is 2.63. The summed E-state index contributed by atoms with van der Waals surface area (Å²) in [6.07, 6.45) is 3.71. The highest BCUT2D eigenvalue weighted by atomic mass is 14.6. The fourth-order valence-electron chi connectivity index (χ4n) is 1.20. The summed E-state index contributed by atoms with van der Waals surface area (Å²) in [5.41, 5.74) is 1.28. The zero-order valence-corrected chi connectivity index (χ0v) is 16.4. The van der Waals surface area contributed by atoms with Crippen LogP contribution in [0.2, 0.25) is 0 Å². The molecule has 1 aromatic heterocycles. The summed E-state index contributed by atoms with van der Waals surface area (Å²) in [7, 11) is 0. The molecule has 0 atom stereocenters. The van der Waals surface area contributed by atoms with E-state index in [2.05, 4.69) is 30.1 Å². The number of benzene rings is 1. The molecule has 0 N–H and O–H groups in total. The van der Waals surface area contributed by atoms with E-state index in [9.17, 15) is 0 Å². The number of hydrogen-bond acceptors (Lipinski definition) is 1. The van der Waals surface area contributed by atoms with Crippen LogP contribution < -0.4 is 0 Å². The fraction of sp³-hybridized carbons (Fsp3) is 0.550. The minimum absolute atomic E-state index is 1.22. The van der Waals surface area contributed by atoms with Gasteiger partial charge in [-0.05, 0) is 24.4 Å². The first-order valence-corrected chi connectivity index (χ1v) is 8.67. The van der Waals surface area contributed by atoms with E-state index < -0.39 is 0 Å². The first-order chi connectivity index (χ1) is 10.4. The maximum Gasteiger partial charge on any atom is 0.0346 e. The number of fused-ring (bicyclic) bond motifs is 1. The number of pyridine rings is 1. The number of aryl methyl sites for hydroxylation is 1. The molecule has 0 unspecified atom stereocenters. The van der Waals surface area contributed by atoms with Crippen molar-refractivity contribution in [3.8, 4) is 0 Å². The molecule has 0 saturated heterocycles. The van der Waals surface area contributed by atoms with Crippen molar-refractivity contribution >= 4 is 10.8 Å². The van der Waals surface area contributed by atoms with Gasteiger partial charge >= 0.3 is 0 Å². The van der Waals surface area contributed by atoms with Gasteiger partial charge in [-0.15, -0.1) is 0 Å². The van der Waals surface area contributed by atoms with Crippen LogP contribution in [-0.4, -0.2) is 4.98 Å². The first-order valence-electron chi connectivity index (χ1n) is 8.67. The van der Waals surface area contributed by atoms with Crippen LogP contribution in [0, 0.1) is 6.92 Å². The van der Waals surface area contributed by atoms with Crippen molar-refractivity contribution in [2.45, 2.75) is 76.2 Å². The van der Waals surface area contributed by atoms with E-state index in [1.807, 2.05) is 87.7 Å². The second-order valence-electron chi connectivity index (χ2n) is 2.73. The normalized spacial score (nSPS) is 6.81. The van der Waals surface area contributed by atoms with Gasteiger partial charge < -0.3 is 0 Å². The molecular weight excluding hydrogens is 254 g/mol.